The van der Waals surface area contributed by atoms with Crippen molar-refractivity contribution >= 4 is 61.8 Å². The molecular formula is C23H14N2O5S. The Morgan fingerprint density at radius 1 is 0.968 bits per heavy atom. The topological polar surface area (TPSA) is 111 Å². The van der Waals surface area contributed by atoms with Crippen LogP contribution >= 0.6 is 11.3 Å². The Morgan fingerprint density at radius 2 is 1.61 bits per heavy atom. The lowest BCUT2D eigenvalue weighted by Gasteiger charge is -2.10. The highest BCUT2D eigenvalue weighted by Gasteiger charge is 2.35. The molecule has 2 aromatic carbocycles. The number of thiophene rings is 1. The van der Waals surface area contributed by atoms with Gasteiger partial charge in [0.05, 0.1) is 17.7 Å². The molecule has 7 nitrogen and oxygen atoms in total. The molecule has 8 heteroatoms. The number of imide groups is 1. The van der Waals surface area contributed by atoms with Crippen LogP contribution < -0.4 is 11.4 Å². The van der Waals surface area contributed by atoms with Crippen LogP contribution in [0.5, 0.6) is 0 Å². The summed E-state index contributed by atoms with van der Waals surface area (Å²) in [7, 11) is 0. The van der Waals surface area contributed by atoms with Gasteiger partial charge in [-0.15, -0.1) is 11.3 Å². The molecule has 0 spiro atoms. The van der Waals surface area contributed by atoms with Gasteiger partial charge in [0.1, 0.15) is 16.0 Å². The Morgan fingerprint density at radius 3 is 2.32 bits per heavy atom. The van der Waals surface area contributed by atoms with E-state index < -0.39 is 23.2 Å². The average Bonchev–Trinajstić information content (AvgIpc) is 3.23. The van der Waals surface area contributed by atoms with Crippen molar-refractivity contribution in [2.45, 2.75) is 0 Å². The number of anilines is 1. The quantitative estimate of drug-likeness (QED) is 0.302. The van der Waals surface area contributed by atoms with Crippen molar-refractivity contribution in [2.24, 2.45) is 0 Å². The van der Waals surface area contributed by atoms with Crippen molar-refractivity contribution in [1.29, 1.82) is 0 Å². The van der Waals surface area contributed by atoms with Gasteiger partial charge in [0, 0.05) is 15.6 Å². The predicted molar refractivity (Wildman–Crippen MR) is 118 cm³/mol. The molecule has 0 fully saturated rings. The third kappa shape index (κ3) is 2.96. The summed E-state index contributed by atoms with van der Waals surface area (Å²) in [4.78, 5) is 51.4. The molecule has 2 N–H and O–H groups in total. The molecule has 0 unspecified atom stereocenters. The van der Waals surface area contributed by atoms with E-state index in [0.29, 0.717) is 37.4 Å². The molecule has 0 saturated carbocycles. The molecule has 4 aromatic rings. The molecular weight excluding hydrogens is 416 g/mol. The summed E-state index contributed by atoms with van der Waals surface area (Å²) in [5.74, 6) is -1.41. The van der Waals surface area contributed by atoms with Crippen molar-refractivity contribution in [3.05, 3.63) is 81.0 Å². The fourth-order valence-electron chi connectivity index (χ4n) is 3.73. The lowest BCUT2D eigenvalue weighted by atomic mass is 10.1. The largest absolute Gasteiger partial charge is 0.422 e. The van der Waals surface area contributed by atoms with Crippen LogP contribution in [0.15, 0.2) is 63.8 Å². The molecule has 0 atom stereocenters. The number of nitrogens with two attached hydrogens (primary N) is 1. The highest BCUT2D eigenvalue weighted by molar-refractivity contribution is 7.18. The van der Waals surface area contributed by atoms with E-state index >= 15 is 0 Å². The minimum atomic E-state index is -0.542. The van der Waals surface area contributed by atoms with E-state index in [1.54, 1.807) is 42.5 Å². The Bertz CT molecular complexity index is 1480. The second-order valence-electron chi connectivity index (χ2n) is 7.01. The normalized spacial score (nSPS) is 13.6. The van der Waals surface area contributed by atoms with Crippen LogP contribution in [0, 0.1) is 0 Å². The molecule has 2 amide bonds. The van der Waals surface area contributed by atoms with Gasteiger partial charge >= 0.3 is 5.63 Å². The Labute approximate surface area is 179 Å². The number of carbonyl (C=O) groups is 3. The maximum Gasteiger partial charge on any atom is 0.347 e. The molecule has 0 saturated heterocycles. The molecule has 1 aliphatic rings. The zero-order valence-electron chi connectivity index (χ0n) is 16.0. The van der Waals surface area contributed by atoms with E-state index in [9.17, 15) is 19.2 Å². The summed E-state index contributed by atoms with van der Waals surface area (Å²) in [6.45, 7) is -0.371. The van der Waals surface area contributed by atoms with E-state index in [4.69, 9.17) is 10.2 Å². The number of rotatable bonds is 4. The number of hydrogen-bond donors (Lipinski definition) is 1. The van der Waals surface area contributed by atoms with E-state index in [1.807, 2.05) is 12.1 Å². The summed E-state index contributed by atoms with van der Waals surface area (Å²) in [5, 5.41) is 1.88. The molecule has 31 heavy (non-hydrogen) atoms. The maximum absolute atomic E-state index is 12.5. The van der Waals surface area contributed by atoms with E-state index in [-0.39, 0.29) is 11.9 Å². The molecule has 2 aromatic heterocycles. The van der Waals surface area contributed by atoms with Crippen molar-refractivity contribution in [3.8, 4) is 0 Å². The third-order valence-corrected chi connectivity index (χ3v) is 6.12. The average molecular weight is 430 g/mol. The standard InChI is InChI=1S/C23H14N2O5S/c24-20-19-18(15-7-3-4-8-16(15)30-23(19)29)17(31-20)10-9-12(26)11-25-21(27)13-5-1-2-6-14(13)22(25)28/h1-10H,11,24H2/b10-9+. The first-order valence-corrected chi connectivity index (χ1v) is 10.2. The summed E-state index contributed by atoms with van der Waals surface area (Å²) >= 11 is 1.16. The van der Waals surface area contributed by atoms with Crippen LogP contribution in [0.3, 0.4) is 0 Å². The molecule has 3 heterocycles. The van der Waals surface area contributed by atoms with Gasteiger partial charge < -0.3 is 10.2 Å². The summed E-state index contributed by atoms with van der Waals surface area (Å²) in [6.07, 6.45) is 2.84. The summed E-state index contributed by atoms with van der Waals surface area (Å²) < 4.78 is 5.34. The number of benzene rings is 2. The smallest absolute Gasteiger partial charge is 0.347 e. The van der Waals surface area contributed by atoms with Crippen molar-refractivity contribution in [1.82, 2.24) is 4.90 Å². The van der Waals surface area contributed by atoms with Gasteiger partial charge in [-0.2, -0.15) is 0 Å². The number of ketones is 1. The van der Waals surface area contributed by atoms with Crippen molar-refractivity contribution < 1.29 is 18.8 Å². The van der Waals surface area contributed by atoms with Gasteiger partial charge in [-0.25, -0.2) is 4.79 Å². The Kier molecular flexibility index (Phi) is 4.30. The van der Waals surface area contributed by atoms with Crippen molar-refractivity contribution in [2.75, 3.05) is 12.3 Å². The van der Waals surface area contributed by atoms with E-state index in [0.717, 1.165) is 16.2 Å². The summed E-state index contributed by atoms with van der Waals surface area (Å²) in [6, 6.07) is 13.5. The molecule has 5 rings (SSSR count). The highest BCUT2D eigenvalue weighted by atomic mass is 32.1. The second kappa shape index (κ2) is 7.03. The number of carbonyl (C=O) groups excluding carboxylic acids is 3. The van der Waals surface area contributed by atoms with Crippen LogP contribution in [0.1, 0.15) is 25.6 Å². The molecule has 0 aliphatic carbocycles. The third-order valence-electron chi connectivity index (χ3n) is 5.14. The monoisotopic (exact) mass is 430 g/mol. The SMILES string of the molecule is Nc1sc(/C=C/C(=O)CN2C(=O)c3ccccc3C2=O)c2c1c(=O)oc1ccccc12. The van der Waals surface area contributed by atoms with Crippen LogP contribution in [-0.2, 0) is 4.79 Å². The van der Waals surface area contributed by atoms with E-state index in [1.165, 1.54) is 6.08 Å². The van der Waals surface area contributed by atoms with Crippen molar-refractivity contribution in [3.63, 3.8) is 0 Å². The first-order chi connectivity index (χ1) is 15.0. The molecule has 0 bridgehead atoms. The Balaban J connectivity index is 1.48. The summed E-state index contributed by atoms with van der Waals surface area (Å²) in [5.41, 5.74) is 6.50. The number of nitrogen functional groups attached to an aromatic ring is 1. The van der Waals surface area contributed by atoms with Crippen LogP contribution in [0.2, 0.25) is 0 Å². The van der Waals surface area contributed by atoms with Gasteiger partial charge in [0.2, 0.25) is 0 Å². The van der Waals surface area contributed by atoms with Gasteiger partial charge in [-0.05, 0) is 30.4 Å². The molecule has 0 radical (unpaired) electrons. The van der Waals surface area contributed by atoms with Crippen LogP contribution in [0.4, 0.5) is 5.00 Å². The lowest BCUT2D eigenvalue weighted by molar-refractivity contribution is -0.114. The minimum absolute atomic E-state index is 0.274. The first-order valence-electron chi connectivity index (χ1n) is 9.35. The number of fused-ring (bicyclic) bond motifs is 4. The Hall–Kier alpha value is -4.04. The fraction of sp³-hybridized carbons (Fsp3) is 0.0435. The first kappa shape index (κ1) is 19.0. The van der Waals surface area contributed by atoms with E-state index in [2.05, 4.69) is 0 Å². The molecule has 1 aliphatic heterocycles. The fourth-order valence-corrected chi connectivity index (χ4v) is 4.70. The zero-order valence-corrected chi connectivity index (χ0v) is 16.8. The predicted octanol–water partition coefficient (Wildman–Crippen LogP) is 3.47. The van der Waals surface area contributed by atoms with Crippen LogP contribution in [0.25, 0.3) is 27.8 Å². The number of hydrogen-bond acceptors (Lipinski definition) is 7. The highest BCUT2D eigenvalue weighted by Crippen LogP contribution is 2.37. The molecule has 152 valence electrons. The van der Waals surface area contributed by atoms with Gasteiger partial charge in [0.25, 0.3) is 11.8 Å². The second-order valence-corrected chi connectivity index (χ2v) is 8.09. The number of para-hydroxylation sites is 1. The number of amides is 2. The number of nitrogens with zero attached hydrogens (tertiary/aromatic N) is 1. The van der Waals surface area contributed by atoms with Gasteiger partial charge in [-0.1, -0.05) is 30.3 Å². The van der Waals surface area contributed by atoms with Crippen LogP contribution in [-0.4, -0.2) is 29.0 Å². The maximum atomic E-state index is 12.5. The van der Waals surface area contributed by atoms with Gasteiger partial charge in [0.15, 0.2) is 5.78 Å². The zero-order chi connectivity index (χ0) is 21.7. The van der Waals surface area contributed by atoms with Gasteiger partial charge in [-0.3, -0.25) is 19.3 Å². The lowest BCUT2D eigenvalue weighted by Crippen LogP contribution is -2.34. The minimum Gasteiger partial charge on any atom is -0.422 e.